The van der Waals surface area contributed by atoms with E-state index in [0.717, 1.165) is 0 Å². The normalized spacial score (nSPS) is 18.6. The number of anilines is 2. The van der Waals surface area contributed by atoms with Crippen LogP contribution in [0.1, 0.15) is 29.6 Å². The van der Waals surface area contributed by atoms with Crippen LogP contribution in [0, 0.1) is 11.7 Å². The lowest BCUT2D eigenvalue weighted by atomic mass is 10.1. The van der Waals surface area contributed by atoms with E-state index in [9.17, 15) is 19.1 Å². The Labute approximate surface area is 166 Å². The Bertz CT molecular complexity index is 1090. The van der Waals surface area contributed by atoms with Crippen molar-refractivity contribution in [1.29, 1.82) is 0 Å². The van der Waals surface area contributed by atoms with Gasteiger partial charge in [-0.15, -0.1) is 0 Å². The van der Waals surface area contributed by atoms with Gasteiger partial charge in [-0.1, -0.05) is 6.07 Å². The number of aliphatic hydroxyl groups is 1. The van der Waals surface area contributed by atoms with Crippen molar-refractivity contribution in [3.8, 4) is 0 Å². The van der Waals surface area contributed by atoms with Crippen molar-refractivity contribution in [2.45, 2.75) is 25.4 Å². The molecule has 1 aromatic heterocycles. The first-order valence-corrected chi connectivity index (χ1v) is 9.43. The first kappa shape index (κ1) is 19.0. The summed E-state index contributed by atoms with van der Waals surface area (Å²) >= 11 is 0. The zero-order valence-corrected chi connectivity index (χ0v) is 15.6. The topological polar surface area (TPSA) is 91.3 Å². The third kappa shape index (κ3) is 4.25. The second-order valence-corrected chi connectivity index (χ2v) is 7.24. The minimum absolute atomic E-state index is 0.0834. The fraction of sp³-hybridized carbons (Fsp3) is 0.227. The molecule has 1 saturated carbocycles. The predicted octanol–water partition coefficient (Wildman–Crippen LogP) is 3.73. The van der Waals surface area contributed by atoms with Crippen LogP contribution in [-0.2, 0) is 4.79 Å². The molecule has 1 aliphatic rings. The number of halogens is 1. The Kier molecular flexibility index (Phi) is 5.22. The van der Waals surface area contributed by atoms with Crippen LogP contribution in [0.5, 0.6) is 0 Å². The highest BCUT2D eigenvalue weighted by atomic mass is 19.1. The molecule has 1 aliphatic carbocycles. The van der Waals surface area contributed by atoms with Gasteiger partial charge in [0.25, 0.3) is 5.91 Å². The van der Waals surface area contributed by atoms with Crippen LogP contribution in [0.3, 0.4) is 0 Å². The molecule has 0 unspecified atom stereocenters. The zero-order valence-electron chi connectivity index (χ0n) is 15.6. The molecule has 2 aromatic carbocycles. The van der Waals surface area contributed by atoms with E-state index >= 15 is 0 Å². The summed E-state index contributed by atoms with van der Waals surface area (Å²) in [4.78, 5) is 28.9. The van der Waals surface area contributed by atoms with Crippen LogP contribution >= 0.6 is 0 Å². The zero-order chi connectivity index (χ0) is 20.4. The molecule has 2 amide bonds. The van der Waals surface area contributed by atoms with Crippen LogP contribution in [0.25, 0.3) is 10.8 Å². The number of amides is 2. The second kappa shape index (κ2) is 7.97. The lowest BCUT2D eigenvalue weighted by molar-refractivity contribution is -0.119. The number of hydrogen-bond acceptors (Lipinski definition) is 4. The summed E-state index contributed by atoms with van der Waals surface area (Å²) in [5.41, 5.74) is 0.877. The molecule has 7 heteroatoms. The predicted molar refractivity (Wildman–Crippen MR) is 108 cm³/mol. The highest BCUT2D eigenvalue weighted by molar-refractivity contribution is 6.07. The fourth-order valence-corrected chi connectivity index (χ4v) is 3.60. The summed E-state index contributed by atoms with van der Waals surface area (Å²) in [6.45, 7) is 0. The van der Waals surface area contributed by atoms with Gasteiger partial charge in [0.15, 0.2) is 0 Å². The number of nitrogens with one attached hydrogen (secondary N) is 2. The third-order valence-corrected chi connectivity index (χ3v) is 5.13. The molecule has 6 nitrogen and oxygen atoms in total. The summed E-state index contributed by atoms with van der Waals surface area (Å²) in [6, 6.07) is 11.1. The number of aliphatic hydroxyl groups excluding tert-OH is 1. The lowest BCUT2D eigenvalue weighted by Gasteiger charge is -2.12. The van der Waals surface area contributed by atoms with Crippen molar-refractivity contribution in [2.24, 2.45) is 5.92 Å². The number of aromatic nitrogens is 1. The van der Waals surface area contributed by atoms with E-state index in [1.54, 1.807) is 42.7 Å². The molecule has 148 valence electrons. The van der Waals surface area contributed by atoms with Crippen LogP contribution in [-0.4, -0.2) is 28.0 Å². The van der Waals surface area contributed by atoms with Gasteiger partial charge in [0.1, 0.15) is 5.82 Å². The first-order chi connectivity index (χ1) is 14.0. The summed E-state index contributed by atoms with van der Waals surface area (Å²) in [6.07, 6.45) is 4.44. The molecule has 3 N–H and O–H groups in total. The van der Waals surface area contributed by atoms with E-state index in [1.165, 1.54) is 12.1 Å². The minimum atomic E-state index is -0.620. The van der Waals surface area contributed by atoms with Crippen LogP contribution in [0.2, 0.25) is 0 Å². The van der Waals surface area contributed by atoms with Crippen LogP contribution in [0.4, 0.5) is 15.8 Å². The highest BCUT2D eigenvalue weighted by Crippen LogP contribution is 2.27. The van der Waals surface area contributed by atoms with Gasteiger partial charge in [0.2, 0.25) is 5.91 Å². The number of carbonyl (C=O) groups is 2. The van der Waals surface area contributed by atoms with Gasteiger partial charge in [0, 0.05) is 35.1 Å². The van der Waals surface area contributed by atoms with Gasteiger partial charge in [-0.25, -0.2) is 4.39 Å². The molecule has 0 bridgehead atoms. The molecular formula is C22H20FN3O3. The number of carbonyl (C=O) groups excluding carboxylic acids is 2. The van der Waals surface area contributed by atoms with E-state index in [4.69, 9.17) is 0 Å². The monoisotopic (exact) mass is 393 g/mol. The maximum atomic E-state index is 14.4. The molecule has 1 heterocycles. The van der Waals surface area contributed by atoms with Gasteiger partial charge in [-0.3, -0.25) is 14.6 Å². The molecular weight excluding hydrogens is 373 g/mol. The molecule has 4 rings (SSSR count). The number of pyridine rings is 1. The average Bonchev–Trinajstić information content (AvgIpc) is 3.14. The first-order valence-electron chi connectivity index (χ1n) is 9.43. The van der Waals surface area contributed by atoms with E-state index in [-0.39, 0.29) is 17.4 Å². The smallest absolute Gasteiger partial charge is 0.258 e. The average molecular weight is 393 g/mol. The summed E-state index contributed by atoms with van der Waals surface area (Å²) in [5.74, 6) is -1.58. The van der Waals surface area contributed by atoms with Crippen LogP contribution in [0.15, 0.2) is 54.9 Å². The third-order valence-electron chi connectivity index (χ3n) is 5.13. The SMILES string of the molecule is O=C(Nc1cccc(NC(=O)[C@@H]2CC[C@@H](O)C2)c1)c1cc2cnccc2cc1F. The maximum Gasteiger partial charge on any atom is 0.258 e. The van der Waals surface area contributed by atoms with Gasteiger partial charge < -0.3 is 15.7 Å². The molecule has 1 fully saturated rings. The largest absolute Gasteiger partial charge is 0.393 e. The van der Waals surface area contributed by atoms with Gasteiger partial charge >= 0.3 is 0 Å². The molecule has 29 heavy (non-hydrogen) atoms. The van der Waals surface area contributed by atoms with Gasteiger partial charge in [0.05, 0.1) is 11.7 Å². The fourth-order valence-electron chi connectivity index (χ4n) is 3.60. The standard InChI is InChI=1S/C22H20FN3O3/c23-20-10-13-6-7-24-12-15(13)9-19(20)22(29)26-17-3-1-2-16(11-17)25-21(28)14-4-5-18(27)8-14/h1-3,6-7,9-12,14,18,27H,4-5,8H2,(H,25,28)(H,26,29)/t14-,18-/m1/s1. The van der Waals surface area contributed by atoms with Crippen molar-refractivity contribution in [3.05, 3.63) is 66.2 Å². The molecule has 2 atom stereocenters. The summed E-state index contributed by atoms with van der Waals surface area (Å²) < 4.78 is 14.4. The van der Waals surface area contributed by atoms with Gasteiger partial charge in [-0.2, -0.15) is 0 Å². The number of nitrogens with zero attached hydrogens (tertiary/aromatic N) is 1. The van der Waals surface area contributed by atoms with Crippen molar-refractivity contribution in [2.75, 3.05) is 10.6 Å². The van der Waals surface area contributed by atoms with Crippen molar-refractivity contribution in [1.82, 2.24) is 4.98 Å². The minimum Gasteiger partial charge on any atom is -0.393 e. The molecule has 0 radical (unpaired) electrons. The lowest BCUT2D eigenvalue weighted by Crippen LogP contribution is -2.21. The Hall–Kier alpha value is -3.32. The quantitative estimate of drug-likeness (QED) is 0.630. The Morgan fingerprint density at radius 3 is 2.59 bits per heavy atom. The second-order valence-electron chi connectivity index (χ2n) is 7.24. The number of fused-ring (bicyclic) bond motifs is 1. The van der Waals surface area contributed by atoms with Gasteiger partial charge in [-0.05, 0) is 61.0 Å². The number of hydrogen-bond donors (Lipinski definition) is 3. The maximum absolute atomic E-state index is 14.4. The van der Waals surface area contributed by atoms with E-state index in [2.05, 4.69) is 15.6 Å². The molecule has 0 spiro atoms. The number of benzene rings is 2. The Morgan fingerprint density at radius 2 is 1.83 bits per heavy atom. The molecule has 0 saturated heterocycles. The van der Waals surface area contributed by atoms with Crippen LogP contribution < -0.4 is 10.6 Å². The summed E-state index contributed by atoms with van der Waals surface area (Å²) in [7, 11) is 0. The number of rotatable bonds is 4. The highest BCUT2D eigenvalue weighted by Gasteiger charge is 2.28. The summed E-state index contributed by atoms with van der Waals surface area (Å²) in [5, 5.41) is 16.4. The van der Waals surface area contributed by atoms with Crippen molar-refractivity contribution >= 4 is 34.0 Å². The molecule has 3 aromatic rings. The van der Waals surface area contributed by atoms with Crippen molar-refractivity contribution < 1.29 is 19.1 Å². The molecule has 0 aliphatic heterocycles. The van der Waals surface area contributed by atoms with E-state index < -0.39 is 17.8 Å². The van der Waals surface area contributed by atoms with Crippen molar-refractivity contribution in [3.63, 3.8) is 0 Å². The van der Waals surface area contributed by atoms with E-state index in [0.29, 0.717) is 41.4 Å². The Morgan fingerprint density at radius 1 is 1.03 bits per heavy atom. The Balaban J connectivity index is 1.48. The van der Waals surface area contributed by atoms with E-state index in [1.807, 2.05) is 0 Å².